The number of rotatable bonds is 12. The van der Waals surface area contributed by atoms with Crippen LogP contribution in [0, 0.1) is 5.92 Å². The highest BCUT2D eigenvalue weighted by molar-refractivity contribution is 5.90. The van der Waals surface area contributed by atoms with Gasteiger partial charge in [0.25, 0.3) is 0 Å². The molecule has 0 N–H and O–H groups in total. The van der Waals surface area contributed by atoms with Gasteiger partial charge in [-0.05, 0) is 61.3 Å². The fourth-order valence-corrected chi connectivity index (χ4v) is 3.63. The summed E-state index contributed by atoms with van der Waals surface area (Å²) >= 11 is 0. The van der Waals surface area contributed by atoms with Crippen LogP contribution < -0.4 is 4.74 Å². The van der Waals surface area contributed by atoms with Crippen molar-refractivity contribution in [3.8, 4) is 17.1 Å². The van der Waals surface area contributed by atoms with E-state index in [0.29, 0.717) is 5.56 Å². The molecule has 0 unspecified atom stereocenters. The number of carbonyl (C=O) groups excluding carboxylic acids is 1. The number of hydrogen-bond acceptors (Lipinski definition) is 4. The van der Waals surface area contributed by atoms with E-state index in [1.807, 2.05) is 18.2 Å². The zero-order valence-corrected chi connectivity index (χ0v) is 19.8. The molecule has 0 saturated carbocycles. The minimum Gasteiger partial charge on any atom is -0.402 e. The van der Waals surface area contributed by atoms with Crippen molar-refractivity contribution in [2.24, 2.45) is 5.92 Å². The highest BCUT2D eigenvalue weighted by Gasteiger charge is 2.10. The maximum absolute atomic E-state index is 12.4. The summed E-state index contributed by atoms with van der Waals surface area (Å²) in [6, 6.07) is 16.0. The third-order valence-electron chi connectivity index (χ3n) is 6.00. The molecule has 2 aromatic carbocycles. The Balaban J connectivity index is 1.53. The third-order valence-corrected chi connectivity index (χ3v) is 6.00. The monoisotopic (exact) mass is 442 g/mol. The Kier molecular flexibility index (Phi) is 9.37. The summed E-state index contributed by atoms with van der Waals surface area (Å²) in [6.45, 7) is 8.30. The van der Waals surface area contributed by atoms with Crippen molar-refractivity contribution < 1.29 is 9.53 Å². The highest BCUT2D eigenvalue weighted by Crippen LogP contribution is 2.20. The van der Waals surface area contributed by atoms with E-state index >= 15 is 0 Å². The first kappa shape index (κ1) is 24.4. The number of benzene rings is 2. The van der Waals surface area contributed by atoms with Gasteiger partial charge in [0, 0.05) is 5.56 Å². The number of ether oxygens (including phenoxy) is 1. The molecule has 0 amide bonds. The molecule has 3 aromatic rings. The van der Waals surface area contributed by atoms with Crippen LogP contribution in [0.4, 0.5) is 0 Å². The van der Waals surface area contributed by atoms with Crippen molar-refractivity contribution in [1.29, 1.82) is 0 Å². The summed E-state index contributed by atoms with van der Waals surface area (Å²) in [6.07, 6.45) is 12.9. The number of aromatic nitrogens is 2. The molecule has 3 rings (SSSR count). The van der Waals surface area contributed by atoms with Gasteiger partial charge in [-0.25, -0.2) is 14.8 Å². The van der Waals surface area contributed by atoms with Crippen molar-refractivity contribution in [1.82, 2.24) is 9.97 Å². The van der Waals surface area contributed by atoms with Gasteiger partial charge in [-0.3, -0.25) is 0 Å². The Bertz CT molecular complexity index is 1010. The Labute approximate surface area is 197 Å². The van der Waals surface area contributed by atoms with Crippen molar-refractivity contribution >= 4 is 5.97 Å². The molecule has 0 radical (unpaired) electrons. The average Bonchev–Trinajstić information content (AvgIpc) is 2.85. The van der Waals surface area contributed by atoms with Gasteiger partial charge in [0.15, 0.2) is 0 Å². The molecule has 4 nitrogen and oxygen atoms in total. The van der Waals surface area contributed by atoms with E-state index in [1.165, 1.54) is 36.6 Å². The van der Waals surface area contributed by atoms with Crippen LogP contribution in [0.3, 0.4) is 0 Å². The van der Waals surface area contributed by atoms with E-state index in [0.717, 1.165) is 42.9 Å². The molecule has 1 heterocycles. The number of unbranched alkanes of at least 4 members (excludes halogenated alkanes) is 1. The Hall–Kier alpha value is -3.27. The molecule has 4 heteroatoms. The maximum Gasteiger partial charge on any atom is 0.344 e. The topological polar surface area (TPSA) is 52.1 Å². The molecule has 0 spiro atoms. The fourth-order valence-electron chi connectivity index (χ4n) is 3.63. The molecule has 33 heavy (non-hydrogen) atoms. The minimum atomic E-state index is -0.434. The van der Waals surface area contributed by atoms with Crippen molar-refractivity contribution in [2.45, 2.75) is 58.8 Å². The van der Waals surface area contributed by atoms with Crippen molar-refractivity contribution in [3.05, 3.63) is 90.3 Å². The second-order valence-electron chi connectivity index (χ2n) is 8.61. The maximum atomic E-state index is 12.4. The zero-order chi connectivity index (χ0) is 23.5. The SMILES string of the molecule is C=CCCCc1ccc(C(=O)Oc2cnc(-c3ccc(CCC[C@@H](C)CC)cc3)cn2)cc1. The van der Waals surface area contributed by atoms with Gasteiger partial charge in [-0.1, -0.05) is 69.2 Å². The lowest BCUT2D eigenvalue weighted by atomic mass is 9.98. The molecular weight excluding hydrogens is 408 g/mol. The molecule has 1 atom stereocenters. The summed E-state index contributed by atoms with van der Waals surface area (Å²) in [4.78, 5) is 21.1. The predicted octanol–water partition coefficient (Wildman–Crippen LogP) is 7.24. The van der Waals surface area contributed by atoms with Crippen LogP contribution in [0.5, 0.6) is 5.88 Å². The van der Waals surface area contributed by atoms with Gasteiger partial charge in [-0.2, -0.15) is 0 Å². The molecule has 0 aliphatic rings. The van der Waals surface area contributed by atoms with Gasteiger partial charge < -0.3 is 4.74 Å². The van der Waals surface area contributed by atoms with Crippen LogP contribution in [0.15, 0.2) is 73.6 Å². The normalized spacial score (nSPS) is 11.7. The van der Waals surface area contributed by atoms with Crippen LogP contribution in [0.1, 0.15) is 67.4 Å². The van der Waals surface area contributed by atoms with E-state index in [-0.39, 0.29) is 5.88 Å². The van der Waals surface area contributed by atoms with Crippen molar-refractivity contribution in [2.75, 3.05) is 0 Å². The van der Waals surface area contributed by atoms with Crippen molar-refractivity contribution in [3.63, 3.8) is 0 Å². The van der Waals surface area contributed by atoms with Gasteiger partial charge in [-0.15, -0.1) is 6.58 Å². The Morgan fingerprint density at radius 1 is 0.970 bits per heavy atom. The Morgan fingerprint density at radius 3 is 2.24 bits per heavy atom. The van der Waals surface area contributed by atoms with Gasteiger partial charge >= 0.3 is 5.97 Å². The lowest BCUT2D eigenvalue weighted by molar-refractivity contribution is 0.0727. The first-order chi connectivity index (χ1) is 16.1. The quantitative estimate of drug-likeness (QED) is 0.168. The first-order valence-corrected chi connectivity index (χ1v) is 11.9. The zero-order valence-electron chi connectivity index (χ0n) is 19.8. The Morgan fingerprint density at radius 2 is 1.64 bits per heavy atom. The smallest absolute Gasteiger partial charge is 0.344 e. The summed E-state index contributed by atoms with van der Waals surface area (Å²) in [5.74, 6) is 0.552. The highest BCUT2D eigenvalue weighted by atomic mass is 16.5. The molecule has 0 bridgehead atoms. The average molecular weight is 443 g/mol. The second kappa shape index (κ2) is 12.7. The molecule has 0 fully saturated rings. The molecule has 172 valence electrons. The lowest BCUT2D eigenvalue weighted by Crippen LogP contribution is -2.09. The van der Waals surface area contributed by atoms with Crippen LogP contribution in [-0.4, -0.2) is 15.9 Å². The lowest BCUT2D eigenvalue weighted by Gasteiger charge is -2.08. The van der Waals surface area contributed by atoms with E-state index in [4.69, 9.17) is 4.74 Å². The summed E-state index contributed by atoms with van der Waals surface area (Å²) in [5.41, 5.74) is 4.78. The van der Waals surface area contributed by atoms with E-state index in [2.05, 4.69) is 54.7 Å². The number of carbonyl (C=O) groups is 1. The van der Waals surface area contributed by atoms with Crippen LogP contribution in [0.2, 0.25) is 0 Å². The number of hydrogen-bond donors (Lipinski definition) is 0. The number of nitrogens with zero attached hydrogens (tertiary/aromatic N) is 2. The van der Waals surface area contributed by atoms with Crippen LogP contribution in [-0.2, 0) is 12.8 Å². The summed E-state index contributed by atoms with van der Waals surface area (Å²) < 4.78 is 5.40. The molecule has 0 aliphatic carbocycles. The third kappa shape index (κ3) is 7.67. The number of aryl methyl sites for hydroxylation is 2. The van der Waals surface area contributed by atoms with Gasteiger partial charge in [0.1, 0.15) is 0 Å². The molecule has 0 aliphatic heterocycles. The molecular formula is C29H34N2O2. The number of allylic oxidation sites excluding steroid dienone is 1. The first-order valence-electron chi connectivity index (χ1n) is 11.9. The summed E-state index contributed by atoms with van der Waals surface area (Å²) in [5, 5.41) is 0. The van der Waals surface area contributed by atoms with Crippen LogP contribution in [0.25, 0.3) is 11.3 Å². The molecule has 0 saturated heterocycles. The second-order valence-corrected chi connectivity index (χ2v) is 8.61. The molecule has 1 aromatic heterocycles. The fraction of sp³-hybridized carbons (Fsp3) is 0.345. The standard InChI is InChI=1S/C29H34N2O2/c1-4-6-7-10-23-14-18-26(19-15-23)29(32)33-28-21-30-27(20-31-28)25-16-12-24(13-17-25)11-8-9-22(3)5-2/h4,12-22H,1,5-11H2,2-3H3/t22-/m0/s1. The van der Waals surface area contributed by atoms with E-state index in [9.17, 15) is 4.79 Å². The van der Waals surface area contributed by atoms with E-state index < -0.39 is 5.97 Å². The van der Waals surface area contributed by atoms with Crippen LogP contribution >= 0.6 is 0 Å². The minimum absolute atomic E-state index is 0.195. The van der Waals surface area contributed by atoms with E-state index in [1.54, 1.807) is 18.3 Å². The largest absolute Gasteiger partial charge is 0.402 e. The predicted molar refractivity (Wildman–Crippen MR) is 134 cm³/mol. The van der Waals surface area contributed by atoms with Gasteiger partial charge in [0.05, 0.1) is 23.7 Å². The van der Waals surface area contributed by atoms with Gasteiger partial charge in [0.2, 0.25) is 5.88 Å². The number of esters is 1. The summed E-state index contributed by atoms with van der Waals surface area (Å²) in [7, 11) is 0.